The van der Waals surface area contributed by atoms with Crippen molar-refractivity contribution in [1.82, 2.24) is 10.6 Å². The lowest BCUT2D eigenvalue weighted by Crippen LogP contribution is -2.45. The van der Waals surface area contributed by atoms with Crippen LogP contribution in [0.2, 0.25) is 0 Å². The van der Waals surface area contributed by atoms with Crippen molar-refractivity contribution in [2.24, 2.45) is 0 Å². The van der Waals surface area contributed by atoms with Crippen molar-refractivity contribution >= 4 is 17.9 Å². The number of hydrogen-bond donors (Lipinski definition) is 2. The summed E-state index contributed by atoms with van der Waals surface area (Å²) in [7, 11) is 0. The van der Waals surface area contributed by atoms with E-state index in [1.807, 2.05) is 39.0 Å². The van der Waals surface area contributed by atoms with Gasteiger partial charge in [-0.05, 0) is 49.8 Å². The standard InChI is InChI=1S/C19H26N2O5/c1-11(2)15-8-5-12(3)9-16(15)25-10-17(22)26-13(4)18(23)21-19(24)20-14-6-7-14/h5,8-9,11,13-14H,6-7,10H2,1-4H3,(H2,20,21,23,24). The minimum atomic E-state index is -1.09. The Morgan fingerprint density at radius 3 is 2.50 bits per heavy atom. The van der Waals surface area contributed by atoms with Gasteiger partial charge in [-0.25, -0.2) is 9.59 Å². The molecule has 7 heteroatoms. The van der Waals surface area contributed by atoms with Crippen LogP contribution in [0.3, 0.4) is 0 Å². The van der Waals surface area contributed by atoms with E-state index in [4.69, 9.17) is 9.47 Å². The Morgan fingerprint density at radius 1 is 1.19 bits per heavy atom. The minimum absolute atomic E-state index is 0.138. The van der Waals surface area contributed by atoms with E-state index in [9.17, 15) is 14.4 Å². The average Bonchev–Trinajstić information content (AvgIpc) is 3.36. The maximum atomic E-state index is 11.9. The number of hydrogen-bond acceptors (Lipinski definition) is 5. The van der Waals surface area contributed by atoms with Gasteiger partial charge in [-0.15, -0.1) is 0 Å². The monoisotopic (exact) mass is 362 g/mol. The molecule has 0 bridgehead atoms. The molecule has 1 aliphatic rings. The molecule has 0 spiro atoms. The summed E-state index contributed by atoms with van der Waals surface area (Å²) in [5.41, 5.74) is 2.01. The number of carbonyl (C=O) groups excluding carboxylic acids is 3. The molecule has 2 rings (SSSR count). The van der Waals surface area contributed by atoms with Gasteiger partial charge in [0.15, 0.2) is 12.7 Å². The van der Waals surface area contributed by atoms with Crippen LogP contribution in [0.15, 0.2) is 18.2 Å². The Balaban J connectivity index is 1.81. The third-order valence-corrected chi connectivity index (χ3v) is 3.96. The van der Waals surface area contributed by atoms with Crippen LogP contribution in [0.5, 0.6) is 5.75 Å². The molecule has 1 aliphatic carbocycles. The van der Waals surface area contributed by atoms with Crippen molar-refractivity contribution in [2.45, 2.75) is 58.6 Å². The minimum Gasteiger partial charge on any atom is -0.482 e. The summed E-state index contributed by atoms with van der Waals surface area (Å²) in [6.45, 7) is 7.11. The van der Waals surface area contributed by atoms with Gasteiger partial charge in [-0.2, -0.15) is 0 Å². The molecular weight excluding hydrogens is 336 g/mol. The Hall–Kier alpha value is -2.57. The molecule has 0 heterocycles. The molecule has 1 fully saturated rings. The zero-order chi connectivity index (χ0) is 19.3. The molecule has 1 saturated carbocycles. The highest BCUT2D eigenvalue weighted by molar-refractivity contribution is 5.97. The van der Waals surface area contributed by atoms with Gasteiger partial charge in [-0.3, -0.25) is 10.1 Å². The van der Waals surface area contributed by atoms with Gasteiger partial charge < -0.3 is 14.8 Å². The second kappa shape index (κ2) is 8.69. The molecule has 1 aromatic rings. The smallest absolute Gasteiger partial charge is 0.344 e. The highest BCUT2D eigenvalue weighted by atomic mass is 16.6. The first-order valence-electron chi connectivity index (χ1n) is 8.80. The molecule has 0 aromatic heterocycles. The van der Waals surface area contributed by atoms with Crippen LogP contribution < -0.4 is 15.4 Å². The number of aryl methyl sites for hydroxylation is 1. The molecule has 26 heavy (non-hydrogen) atoms. The van der Waals surface area contributed by atoms with Crippen molar-refractivity contribution in [1.29, 1.82) is 0 Å². The number of amides is 3. The molecule has 7 nitrogen and oxygen atoms in total. The van der Waals surface area contributed by atoms with Crippen molar-refractivity contribution < 1.29 is 23.9 Å². The summed E-state index contributed by atoms with van der Waals surface area (Å²) in [5, 5.41) is 4.78. The Bertz CT molecular complexity index is 683. The lowest BCUT2D eigenvalue weighted by atomic mass is 10.0. The Kier molecular flexibility index (Phi) is 6.60. The second-order valence-electron chi connectivity index (χ2n) is 6.85. The van der Waals surface area contributed by atoms with Gasteiger partial charge in [0.05, 0.1) is 0 Å². The van der Waals surface area contributed by atoms with E-state index in [-0.39, 0.29) is 18.6 Å². The summed E-state index contributed by atoms with van der Waals surface area (Å²) >= 11 is 0. The van der Waals surface area contributed by atoms with Crippen LogP contribution in [0.4, 0.5) is 4.79 Å². The molecule has 2 N–H and O–H groups in total. The number of imide groups is 1. The second-order valence-corrected chi connectivity index (χ2v) is 6.85. The van der Waals surface area contributed by atoms with Gasteiger partial charge in [0.25, 0.3) is 5.91 Å². The zero-order valence-electron chi connectivity index (χ0n) is 15.6. The fourth-order valence-corrected chi connectivity index (χ4v) is 2.33. The van der Waals surface area contributed by atoms with E-state index >= 15 is 0 Å². The molecule has 0 aliphatic heterocycles. The van der Waals surface area contributed by atoms with Crippen LogP contribution in [0.1, 0.15) is 50.7 Å². The van der Waals surface area contributed by atoms with Gasteiger partial charge in [-0.1, -0.05) is 26.0 Å². The van der Waals surface area contributed by atoms with Crippen molar-refractivity contribution in [2.75, 3.05) is 6.61 Å². The normalized spacial score (nSPS) is 14.5. The number of rotatable bonds is 7. The van der Waals surface area contributed by atoms with E-state index in [0.717, 1.165) is 24.0 Å². The number of nitrogens with one attached hydrogen (secondary N) is 2. The van der Waals surface area contributed by atoms with Crippen LogP contribution in [0.25, 0.3) is 0 Å². The maximum absolute atomic E-state index is 11.9. The first kappa shape index (κ1) is 19.8. The lowest BCUT2D eigenvalue weighted by molar-refractivity contribution is -0.156. The van der Waals surface area contributed by atoms with Crippen LogP contribution >= 0.6 is 0 Å². The molecule has 1 atom stereocenters. The number of benzene rings is 1. The number of ether oxygens (including phenoxy) is 2. The molecule has 1 unspecified atom stereocenters. The summed E-state index contributed by atoms with van der Waals surface area (Å²) in [4.78, 5) is 35.3. The fourth-order valence-electron chi connectivity index (χ4n) is 2.33. The third-order valence-electron chi connectivity index (χ3n) is 3.96. The fraction of sp³-hybridized carbons (Fsp3) is 0.526. The first-order valence-corrected chi connectivity index (χ1v) is 8.80. The van der Waals surface area contributed by atoms with Crippen LogP contribution in [-0.4, -0.2) is 36.7 Å². The quantitative estimate of drug-likeness (QED) is 0.727. The van der Waals surface area contributed by atoms with Gasteiger partial charge >= 0.3 is 12.0 Å². The Morgan fingerprint density at radius 2 is 1.88 bits per heavy atom. The van der Waals surface area contributed by atoms with Gasteiger partial charge in [0.2, 0.25) is 0 Å². The first-order chi connectivity index (χ1) is 12.3. The summed E-state index contributed by atoms with van der Waals surface area (Å²) < 4.78 is 10.6. The highest BCUT2D eigenvalue weighted by Crippen LogP contribution is 2.27. The highest BCUT2D eigenvalue weighted by Gasteiger charge is 2.26. The van der Waals surface area contributed by atoms with Crippen molar-refractivity contribution in [3.8, 4) is 5.75 Å². The average molecular weight is 362 g/mol. The number of carbonyl (C=O) groups is 3. The van der Waals surface area contributed by atoms with Crippen molar-refractivity contribution in [3.63, 3.8) is 0 Å². The third kappa shape index (κ3) is 6.06. The van der Waals surface area contributed by atoms with E-state index in [1.165, 1.54) is 6.92 Å². The molecule has 3 amide bonds. The molecule has 142 valence electrons. The maximum Gasteiger partial charge on any atom is 0.344 e. The summed E-state index contributed by atoms with van der Waals surface area (Å²) in [5.74, 6) is -0.476. The van der Waals surface area contributed by atoms with E-state index in [2.05, 4.69) is 10.6 Å². The number of esters is 1. The summed E-state index contributed by atoms with van der Waals surface area (Å²) in [6, 6.07) is 5.38. The van der Waals surface area contributed by atoms with Gasteiger partial charge in [0, 0.05) is 6.04 Å². The predicted molar refractivity (Wildman–Crippen MR) is 96.0 cm³/mol. The Labute approximate surface area is 153 Å². The lowest BCUT2D eigenvalue weighted by Gasteiger charge is -2.16. The van der Waals surface area contributed by atoms with Gasteiger partial charge in [0.1, 0.15) is 5.75 Å². The predicted octanol–water partition coefficient (Wildman–Crippen LogP) is 2.42. The van der Waals surface area contributed by atoms with E-state index < -0.39 is 24.0 Å². The van der Waals surface area contributed by atoms with E-state index in [0.29, 0.717) is 5.75 Å². The zero-order valence-corrected chi connectivity index (χ0v) is 15.6. The van der Waals surface area contributed by atoms with Crippen LogP contribution in [-0.2, 0) is 14.3 Å². The molecule has 1 aromatic carbocycles. The summed E-state index contributed by atoms with van der Waals surface area (Å²) in [6.07, 6.45) is 0.750. The molecular formula is C19H26N2O5. The SMILES string of the molecule is Cc1ccc(C(C)C)c(OCC(=O)OC(C)C(=O)NC(=O)NC2CC2)c1. The van der Waals surface area contributed by atoms with E-state index in [1.54, 1.807) is 0 Å². The largest absolute Gasteiger partial charge is 0.482 e. The van der Waals surface area contributed by atoms with Crippen LogP contribution in [0, 0.1) is 6.92 Å². The number of urea groups is 1. The van der Waals surface area contributed by atoms with Crippen molar-refractivity contribution in [3.05, 3.63) is 29.3 Å². The molecule has 0 saturated heterocycles. The molecule has 0 radical (unpaired) electrons. The topological polar surface area (TPSA) is 93.7 Å².